The van der Waals surface area contributed by atoms with Gasteiger partial charge in [0.1, 0.15) is 5.82 Å². The van der Waals surface area contributed by atoms with Gasteiger partial charge in [-0.15, -0.1) is 0 Å². The van der Waals surface area contributed by atoms with E-state index in [1.807, 2.05) is 13.8 Å². The van der Waals surface area contributed by atoms with Gasteiger partial charge in [0.25, 0.3) is 0 Å². The molecule has 0 N–H and O–H groups in total. The fourth-order valence-corrected chi connectivity index (χ4v) is 3.67. The molecular formula is C17H21BrFN3O2S. The molecule has 25 heavy (non-hydrogen) atoms. The molecule has 0 bridgehead atoms. The van der Waals surface area contributed by atoms with Gasteiger partial charge in [-0.25, -0.2) is 27.1 Å². The van der Waals surface area contributed by atoms with Gasteiger partial charge in [-0.2, -0.15) is 0 Å². The Morgan fingerprint density at radius 2 is 1.80 bits per heavy atom. The van der Waals surface area contributed by atoms with Crippen LogP contribution in [0.4, 0.5) is 10.3 Å². The monoisotopic (exact) mass is 429 g/mol. The molecule has 0 spiro atoms. The number of alkyl halides is 1. The smallest absolute Gasteiger partial charge is 0.239 e. The molecule has 1 aromatic carbocycles. The fraction of sp³-hybridized carbons (Fsp3) is 0.412. The highest BCUT2D eigenvalue weighted by Crippen LogP contribution is 2.31. The van der Waals surface area contributed by atoms with Crippen molar-refractivity contribution >= 4 is 31.9 Å². The predicted molar refractivity (Wildman–Crippen MR) is 102 cm³/mol. The molecule has 0 aliphatic carbocycles. The number of sulfonamides is 1. The number of hydrogen-bond acceptors (Lipinski definition) is 4. The Morgan fingerprint density at radius 3 is 2.28 bits per heavy atom. The maximum Gasteiger partial charge on any atom is 0.239 e. The van der Waals surface area contributed by atoms with E-state index in [0.29, 0.717) is 16.6 Å². The highest BCUT2D eigenvalue weighted by atomic mass is 79.9. The van der Waals surface area contributed by atoms with E-state index in [0.717, 1.165) is 15.6 Å². The van der Waals surface area contributed by atoms with E-state index in [1.54, 1.807) is 19.1 Å². The third-order valence-corrected chi connectivity index (χ3v) is 6.18. The van der Waals surface area contributed by atoms with Crippen LogP contribution in [0.25, 0.3) is 11.3 Å². The predicted octanol–water partition coefficient (Wildman–Crippen LogP) is 4.09. The zero-order chi connectivity index (χ0) is 18.8. The van der Waals surface area contributed by atoms with Crippen LogP contribution in [0, 0.1) is 5.82 Å². The van der Waals surface area contributed by atoms with E-state index >= 15 is 0 Å². The van der Waals surface area contributed by atoms with Gasteiger partial charge in [0.05, 0.1) is 17.1 Å². The summed E-state index contributed by atoms with van der Waals surface area (Å²) in [6, 6.07) is 5.98. The molecule has 0 aliphatic rings. The van der Waals surface area contributed by atoms with Crippen molar-refractivity contribution in [3.05, 3.63) is 41.3 Å². The first-order valence-electron chi connectivity index (χ1n) is 7.90. The number of anilines is 1. The van der Waals surface area contributed by atoms with E-state index in [-0.39, 0.29) is 23.4 Å². The minimum Gasteiger partial charge on any atom is -0.241 e. The Hall–Kier alpha value is -1.54. The van der Waals surface area contributed by atoms with Gasteiger partial charge in [0, 0.05) is 23.5 Å². The number of rotatable bonds is 6. The molecule has 0 aliphatic heterocycles. The third kappa shape index (κ3) is 4.17. The maximum absolute atomic E-state index is 13.3. The van der Waals surface area contributed by atoms with Gasteiger partial charge < -0.3 is 0 Å². The summed E-state index contributed by atoms with van der Waals surface area (Å²) in [4.78, 5) is 8.98. The third-order valence-electron chi connectivity index (χ3n) is 3.89. The minimum absolute atomic E-state index is 0.0457. The highest BCUT2D eigenvalue weighted by Gasteiger charge is 2.23. The summed E-state index contributed by atoms with van der Waals surface area (Å²) in [5.74, 6) is -0.190. The van der Waals surface area contributed by atoms with Crippen LogP contribution in [0.1, 0.15) is 37.9 Å². The molecular weight excluding hydrogens is 409 g/mol. The molecule has 0 atom stereocenters. The standard InChI is InChI=1S/C17H21BrFN3O2S/c1-5-25(23,24)22(4)17-20-15(11(2)3)14(10-18)16(21-17)12-6-8-13(19)9-7-12/h6-9,11H,5,10H2,1-4H3. The summed E-state index contributed by atoms with van der Waals surface area (Å²) < 4.78 is 38.8. The summed E-state index contributed by atoms with van der Waals surface area (Å²) >= 11 is 3.47. The van der Waals surface area contributed by atoms with Crippen LogP contribution < -0.4 is 4.31 Å². The number of nitrogens with zero attached hydrogens (tertiary/aromatic N) is 3. The first-order valence-corrected chi connectivity index (χ1v) is 10.6. The molecule has 136 valence electrons. The highest BCUT2D eigenvalue weighted by molar-refractivity contribution is 9.08. The quantitative estimate of drug-likeness (QED) is 0.648. The van der Waals surface area contributed by atoms with E-state index in [4.69, 9.17) is 0 Å². The van der Waals surface area contributed by atoms with E-state index in [9.17, 15) is 12.8 Å². The van der Waals surface area contributed by atoms with Gasteiger partial charge in [-0.05, 0) is 37.1 Å². The first kappa shape index (κ1) is 19.8. The second-order valence-corrected chi connectivity index (χ2v) is 8.75. The molecule has 0 radical (unpaired) electrons. The van der Waals surface area contributed by atoms with Crippen LogP contribution in [0.3, 0.4) is 0 Å². The van der Waals surface area contributed by atoms with Crippen molar-refractivity contribution in [2.45, 2.75) is 32.0 Å². The van der Waals surface area contributed by atoms with Crippen molar-refractivity contribution in [3.8, 4) is 11.3 Å². The normalized spacial score (nSPS) is 11.8. The molecule has 8 heteroatoms. The maximum atomic E-state index is 13.3. The largest absolute Gasteiger partial charge is 0.241 e. The average molecular weight is 430 g/mol. The zero-order valence-corrected chi connectivity index (χ0v) is 17.0. The lowest BCUT2D eigenvalue weighted by Crippen LogP contribution is -2.30. The Morgan fingerprint density at radius 1 is 1.20 bits per heavy atom. The number of hydrogen-bond donors (Lipinski definition) is 0. The molecule has 0 saturated carbocycles. The van der Waals surface area contributed by atoms with E-state index in [2.05, 4.69) is 25.9 Å². The molecule has 0 unspecified atom stereocenters. The van der Waals surface area contributed by atoms with Gasteiger partial charge >= 0.3 is 0 Å². The molecule has 5 nitrogen and oxygen atoms in total. The molecule has 0 amide bonds. The minimum atomic E-state index is -3.48. The summed E-state index contributed by atoms with van der Waals surface area (Å²) in [5.41, 5.74) is 2.94. The summed E-state index contributed by atoms with van der Waals surface area (Å²) in [6.07, 6.45) is 0. The van der Waals surface area contributed by atoms with Crippen molar-refractivity contribution in [2.24, 2.45) is 0 Å². The number of halogens is 2. The SMILES string of the molecule is CCS(=O)(=O)N(C)c1nc(-c2ccc(F)cc2)c(CBr)c(C(C)C)n1. The molecule has 0 fully saturated rings. The van der Waals surface area contributed by atoms with Crippen molar-refractivity contribution < 1.29 is 12.8 Å². The van der Waals surface area contributed by atoms with Crippen LogP contribution in [0.5, 0.6) is 0 Å². The van der Waals surface area contributed by atoms with Crippen LogP contribution in [0.2, 0.25) is 0 Å². The van der Waals surface area contributed by atoms with Crippen molar-refractivity contribution in [3.63, 3.8) is 0 Å². The molecule has 2 aromatic rings. The molecule has 1 heterocycles. The molecule has 1 aromatic heterocycles. The first-order chi connectivity index (χ1) is 11.7. The van der Waals surface area contributed by atoms with Crippen LogP contribution >= 0.6 is 15.9 Å². The van der Waals surface area contributed by atoms with Crippen molar-refractivity contribution in [1.82, 2.24) is 9.97 Å². The molecule has 2 rings (SSSR count). The van der Waals surface area contributed by atoms with Crippen molar-refractivity contribution in [1.29, 1.82) is 0 Å². The summed E-state index contributed by atoms with van der Waals surface area (Å²) in [6.45, 7) is 5.55. The Labute approximate surface area is 156 Å². The fourth-order valence-electron chi connectivity index (χ4n) is 2.40. The lowest BCUT2D eigenvalue weighted by atomic mass is 10.00. The second kappa shape index (κ2) is 7.78. The van der Waals surface area contributed by atoms with Crippen LogP contribution in [-0.4, -0.2) is 31.2 Å². The topological polar surface area (TPSA) is 63.2 Å². The lowest BCUT2D eigenvalue weighted by molar-refractivity contribution is 0.594. The van der Waals surface area contributed by atoms with E-state index in [1.165, 1.54) is 19.2 Å². The van der Waals surface area contributed by atoms with Crippen LogP contribution in [-0.2, 0) is 15.4 Å². The summed E-state index contributed by atoms with van der Waals surface area (Å²) in [5, 5.41) is 0.512. The summed E-state index contributed by atoms with van der Waals surface area (Å²) in [7, 11) is -2.04. The van der Waals surface area contributed by atoms with Gasteiger partial charge in [0.15, 0.2) is 0 Å². The van der Waals surface area contributed by atoms with Crippen LogP contribution in [0.15, 0.2) is 24.3 Å². The number of benzene rings is 1. The van der Waals surface area contributed by atoms with Gasteiger partial charge in [-0.3, -0.25) is 0 Å². The van der Waals surface area contributed by atoms with Gasteiger partial charge in [0.2, 0.25) is 16.0 Å². The Bertz CT molecular complexity index is 855. The van der Waals surface area contributed by atoms with E-state index < -0.39 is 10.0 Å². The lowest BCUT2D eigenvalue weighted by Gasteiger charge is -2.21. The van der Waals surface area contributed by atoms with Gasteiger partial charge in [-0.1, -0.05) is 29.8 Å². The zero-order valence-electron chi connectivity index (χ0n) is 14.6. The Kier molecular flexibility index (Phi) is 6.16. The second-order valence-electron chi connectivity index (χ2n) is 5.90. The Balaban J connectivity index is 2.74. The van der Waals surface area contributed by atoms with Crippen molar-refractivity contribution in [2.75, 3.05) is 17.1 Å². The molecule has 0 saturated heterocycles. The number of aromatic nitrogens is 2. The average Bonchev–Trinajstić information content (AvgIpc) is 2.60.